The second kappa shape index (κ2) is 7.39. The second-order valence-corrected chi connectivity index (χ2v) is 5.88. The summed E-state index contributed by atoms with van der Waals surface area (Å²) >= 11 is 6.13. The highest BCUT2D eigenvalue weighted by molar-refractivity contribution is 6.31. The molecule has 0 saturated carbocycles. The Morgan fingerprint density at radius 1 is 1.26 bits per heavy atom. The number of guanidine groups is 1. The van der Waals surface area contributed by atoms with Crippen molar-refractivity contribution in [1.29, 1.82) is 0 Å². The van der Waals surface area contributed by atoms with E-state index >= 15 is 0 Å². The monoisotopic (exact) mass is 281 g/mol. The minimum Gasteiger partial charge on any atom is -0.357 e. The van der Waals surface area contributed by atoms with Gasteiger partial charge in [0.15, 0.2) is 5.96 Å². The van der Waals surface area contributed by atoms with Crippen molar-refractivity contribution in [1.82, 2.24) is 10.6 Å². The van der Waals surface area contributed by atoms with E-state index in [0.717, 1.165) is 36.1 Å². The van der Waals surface area contributed by atoms with Crippen molar-refractivity contribution in [3.05, 3.63) is 34.9 Å². The third-order valence-electron chi connectivity index (χ3n) is 2.45. The zero-order valence-corrected chi connectivity index (χ0v) is 13.0. The highest BCUT2D eigenvalue weighted by atomic mass is 35.5. The molecule has 0 saturated heterocycles. The van der Waals surface area contributed by atoms with Crippen molar-refractivity contribution >= 4 is 17.6 Å². The smallest absolute Gasteiger partial charge is 0.191 e. The standard InChI is InChI=1S/C15H24ClN3/c1-5-17-14(19-15(2,3)4)18-11-10-12-8-6-7-9-13(12)16/h6-9H,5,10-11H2,1-4H3,(H2,17,18,19). The maximum Gasteiger partial charge on any atom is 0.191 e. The molecular weight excluding hydrogens is 258 g/mol. The lowest BCUT2D eigenvalue weighted by atomic mass is 10.1. The van der Waals surface area contributed by atoms with Crippen LogP contribution in [0.3, 0.4) is 0 Å². The Kier molecular flexibility index (Phi) is 6.16. The molecule has 0 fully saturated rings. The summed E-state index contributed by atoms with van der Waals surface area (Å²) in [4.78, 5) is 4.57. The Hall–Kier alpha value is -1.22. The third kappa shape index (κ3) is 6.48. The van der Waals surface area contributed by atoms with E-state index in [1.54, 1.807) is 0 Å². The number of nitrogens with one attached hydrogen (secondary N) is 2. The molecule has 2 N–H and O–H groups in total. The van der Waals surface area contributed by atoms with Gasteiger partial charge in [-0.1, -0.05) is 29.8 Å². The number of halogens is 1. The number of hydrogen-bond acceptors (Lipinski definition) is 1. The molecule has 0 unspecified atom stereocenters. The largest absolute Gasteiger partial charge is 0.357 e. The van der Waals surface area contributed by atoms with Gasteiger partial charge in [0.25, 0.3) is 0 Å². The lowest BCUT2D eigenvalue weighted by Gasteiger charge is -2.23. The molecule has 1 aromatic carbocycles. The van der Waals surface area contributed by atoms with Crippen molar-refractivity contribution in [2.45, 2.75) is 39.7 Å². The Balaban J connectivity index is 2.59. The van der Waals surface area contributed by atoms with Crippen molar-refractivity contribution < 1.29 is 0 Å². The van der Waals surface area contributed by atoms with E-state index < -0.39 is 0 Å². The normalized spacial score (nSPS) is 12.4. The summed E-state index contributed by atoms with van der Waals surface area (Å²) in [5.74, 6) is 0.849. The summed E-state index contributed by atoms with van der Waals surface area (Å²) in [6.45, 7) is 9.99. The highest BCUT2D eigenvalue weighted by Gasteiger charge is 2.11. The zero-order valence-electron chi connectivity index (χ0n) is 12.3. The van der Waals surface area contributed by atoms with Gasteiger partial charge in [0.2, 0.25) is 0 Å². The number of rotatable bonds is 4. The van der Waals surface area contributed by atoms with Crippen LogP contribution < -0.4 is 10.6 Å². The van der Waals surface area contributed by atoms with Gasteiger partial charge in [-0.05, 0) is 45.7 Å². The first-order chi connectivity index (χ1) is 8.92. The fourth-order valence-electron chi connectivity index (χ4n) is 1.65. The Labute approximate surface area is 121 Å². The molecule has 0 amide bonds. The Morgan fingerprint density at radius 3 is 2.53 bits per heavy atom. The number of nitrogens with zero attached hydrogens (tertiary/aromatic N) is 1. The van der Waals surface area contributed by atoms with Crippen LogP contribution in [0.25, 0.3) is 0 Å². The van der Waals surface area contributed by atoms with Gasteiger partial charge in [-0.15, -0.1) is 0 Å². The van der Waals surface area contributed by atoms with Gasteiger partial charge in [0.1, 0.15) is 0 Å². The molecule has 0 aromatic heterocycles. The lowest BCUT2D eigenvalue weighted by molar-refractivity contribution is 0.501. The van der Waals surface area contributed by atoms with Crippen LogP contribution in [0, 0.1) is 0 Å². The average molecular weight is 282 g/mol. The number of aliphatic imine (C=N–C) groups is 1. The molecule has 0 aliphatic heterocycles. The Bertz CT molecular complexity index is 422. The minimum absolute atomic E-state index is 0.00535. The molecule has 0 heterocycles. The van der Waals surface area contributed by atoms with Crippen molar-refractivity contribution in [3.8, 4) is 0 Å². The average Bonchev–Trinajstić information content (AvgIpc) is 2.30. The molecule has 0 spiro atoms. The molecule has 0 atom stereocenters. The summed E-state index contributed by atoms with van der Waals surface area (Å²) in [5.41, 5.74) is 1.14. The van der Waals surface area contributed by atoms with E-state index in [2.05, 4.69) is 43.3 Å². The zero-order chi connectivity index (χ0) is 14.3. The maximum atomic E-state index is 6.13. The van der Waals surface area contributed by atoms with Crippen LogP contribution in [-0.2, 0) is 6.42 Å². The van der Waals surface area contributed by atoms with Crippen LogP contribution in [0.2, 0.25) is 5.02 Å². The van der Waals surface area contributed by atoms with Crippen LogP contribution in [0.15, 0.2) is 29.3 Å². The molecule has 1 aromatic rings. The van der Waals surface area contributed by atoms with Gasteiger partial charge in [-0.25, -0.2) is 0 Å². The van der Waals surface area contributed by atoms with E-state index in [4.69, 9.17) is 11.6 Å². The van der Waals surface area contributed by atoms with Crippen LogP contribution in [-0.4, -0.2) is 24.6 Å². The molecule has 3 nitrogen and oxygen atoms in total. The van der Waals surface area contributed by atoms with Gasteiger partial charge in [-0.2, -0.15) is 0 Å². The molecule has 19 heavy (non-hydrogen) atoms. The van der Waals surface area contributed by atoms with E-state index in [-0.39, 0.29) is 5.54 Å². The van der Waals surface area contributed by atoms with Crippen molar-refractivity contribution in [2.75, 3.05) is 13.1 Å². The van der Waals surface area contributed by atoms with Crippen LogP contribution in [0.5, 0.6) is 0 Å². The molecular formula is C15H24ClN3. The van der Waals surface area contributed by atoms with Crippen LogP contribution in [0.4, 0.5) is 0 Å². The van der Waals surface area contributed by atoms with E-state index in [9.17, 15) is 0 Å². The molecule has 1 rings (SSSR count). The third-order valence-corrected chi connectivity index (χ3v) is 2.82. The molecule has 0 aliphatic carbocycles. The quantitative estimate of drug-likeness (QED) is 0.657. The van der Waals surface area contributed by atoms with Gasteiger partial charge >= 0.3 is 0 Å². The van der Waals surface area contributed by atoms with Gasteiger partial charge < -0.3 is 10.6 Å². The summed E-state index contributed by atoms with van der Waals surface area (Å²) in [7, 11) is 0. The number of hydrogen-bond donors (Lipinski definition) is 2. The summed E-state index contributed by atoms with van der Waals surface area (Å²) in [6.07, 6.45) is 0.848. The summed E-state index contributed by atoms with van der Waals surface area (Å²) < 4.78 is 0. The Morgan fingerprint density at radius 2 is 1.95 bits per heavy atom. The summed E-state index contributed by atoms with van der Waals surface area (Å²) in [5, 5.41) is 7.42. The number of benzene rings is 1. The lowest BCUT2D eigenvalue weighted by Crippen LogP contribution is -2.47. The highest BCUT2D eigenvalue weighted by Crippen LogP contribution is 2.15. The van der Waals surface area contributed by atoms with E-state index in [1.807, 2.05) is 24.3 Å². The predicted octanol–water partition coefficient (Wildman–Crippen LogP) is 3.24. The minimum atomic E-state index is 0.00535. The van der Waals surface area contributed by atoms with Gasteiger partial charge in [-0.3, -0.25) is 4.99 Å². The molecule has 106 valence electrons. The second-order valence-electron chi connectivity index (χ2n) is 5.48. The fourth-order valence-corrected chi connectivity index (χ4v) is 1.88. The van der Waals surface area contributed by atoms with E-state index in [1.165, 1.54) is 0 Å². The van der Waals surface area contributed by atoms with Crippen LogP contribution >= 0.6 is 11.6 Å². The summed E-state index contributed by atoms with van der Waals surface area (Å²) in [6, 6.07) is 7.91. The molecule has 0 aliphatic rings. The SMILES string of the molecule is CCNC(=NCCc1ccccc1Cl)NC(C)(C)C. The predicted molar refractivity (Wildman–Crippen MR) is 84.0 cm³/mol. The first kappa shape index (κ1) is 15.8. The fraction of sp³-hybridized carbons (Fsp3) is 0.533. The van der Waals surface area contributed by atoms with Crippen molar-refractivity contribution in [2.24, 2.45) is 4.99 Å². The first-order valence-electron chi connectivity index (χ1n) is 6.72. The van der Waals surface area contributed by atoms with Gasteiger partial charge in [0.05, 0.1) is 0 Å². The van der Waals surface area contributed by atoms with Crippen molar-refractivity contribution in [3.63, 3.8) is 0 Å². The molecule has 0 radical (unpaired) electrons. The van der Waals surface area contributed by atoms with Crippen LogP contribution in [0.1, 0.15) is 33.3 Å². The maximum absolute atomic E-state index is 6.13. The van der Waals surface area contributed by atoms with E-state index in [0.29, 0.717) is 0 Å². The van der Waals surface area contributed by atoms with Gasteiger partial charge in [0, 0.05) is 23.7 Å². The topological polar surface area (TPSA) is 36.4 Å². The molecule has 0 bridgehead atoms. The first-order valence-corrected chi connectivity index (χ1v) is 7.10. The molecule has 4 heteroatoms.